The van der Waals surface area contributed by atoms with Crippen molar-refractivity contribution in [1.82, 2.24) is 16.0 Å². The highest BCUT2D eigenvalue weighted by atomic mass is 32.2. The third-order valence-electron chi connectivity index (χ3n) is 4.05. The summed E-state index contributed by atoms with van der Waals surface area (Å²) in [7, 11) is 0. The lowest BCUT2D eigenvalue weighted by Gasteiger charge is -2.23. The van der Waals surface area contributed by atoms with Gasteiger partial charge in [0, 0.05) is 0 Å². The minimum Gasteiger partial charge on any atom is -0.481 e. The number of carbonyl (C=O) groups excluding carboxylic acids is 3. The lowest BCUT2D eigenvalue weighted by molar-refractivity contribution is -0.147. The standard InChI is InChI=1S/C18H32N4O7S/c1-9(2)7-11(19)16(26)20-10(3)15(25)21-12(5-6-30-4)17(27)22-13(18(28)29)8-14(23)24/h9-13H,5-8,19H2,1-4H3,(H,20,26)(H,21,25)(H,22,27)(H,23,24)(H,28,29). The molecule has 0 fully saturated rings. The maximum absolute atomic E-state index is 12.5. The highest BCUT2D eigenvalue weighted by molar-refractivity contribution is 7.98. The lowest BCUT2D eigenvalue weighted by Crippen LogP contribution is -2.56. The van der Waals surface area contributed by atoms with E-state index in [9.17, 15) is 24.0 Å². The number of hydrogen-bond donors (Lipinski definition) is 6. The van der Waals surface area contributed by atoms with Crippen LogP contribution in [0.15, 0.2) is 0 Å². The zero-order chi connectivity index (χ0) is 23.4. The van der Waals surface area contributed by atoms with Gasteiger partial charge in [0.15, 0.2) is 0 Å². The maximum Gasteiger partial charge on any atom is 0.326 e. The summed E-state index contributed by atoms with van der Waals surface area (Å²) in [5.41, 5.74) is 5.79. The second-order valence-corrected chi connectivity index (χ2v) is 8.29. The van der Waals surface area contributed by atoms with Crippen LogP contribution in [0.25, 0.3) is 0 Å². The Bertz CT molecular complexity index is 630. The Morgan fingerprint density at radius 3 is 1.93 bits per heavy atom. The molecule has 0 aromatic heterocycles. The molecule has 0 radical (unpaired) electrons. The number of carbonyl (C=O) groups is 5. The first-order valence-electron chi connectivity index (χ1n) is 9.49. The first kappa shape index (κ1) is 27.7. The van der Waals surface area contributed by atoms with Crippen LogP contribution in [0.5, 0.6) is 0 Å². The summed E-state index contributed by atoms with van der Waals surface area (Å²) in [5, 5.41) is 25.0. The van der Waals surface area contributed by atoms with Gasteiger partial charge < -0.3 is 31.9 Å². The molecule has 0 aliphatic heterocycles. The van der Waals surface area contributed by atoms with E-state index in [0.29, 0.717) is 12.2 Å². The summed E-state index contributed by atoms with van der Waals surface area (Å²) in [4.78, 5) is 58.9. The van der Waals surface area contributed by atoms with Crippen molar-refractivity contribution in [1.29, 1.82) is 0 Å². The molecule has 0 saturated heterocycles. The number of aliphatic carboxylic acids is 2. The molecule has 0 aromatic carbocycles. The van der Waals surface area contributed by atoms with Crippen LogP contribution in [0.1, 0.15) is 40.0 Å². The molecular weight excluding hydrogens is 416 g/mol. The van der Waals surface area contributed by atoms with Crippen LogP contribution < -0.4 is 21.7 Å². The van der Waals surface area contributed by atoms with Crippen LogP contribution in [0.4, 0.5) is 0 Å². The van der Waals surface area contributed by atoms with Gasteiger partial charge in [-0.15, -0.1) is 0 Å². The molecule has 4 unspecified atom stereocenters. The second-order valence-electron chi connectivity index (χ2n) is 7.31. The van der Waals surface area contributed by atoms with E-state index in [2.05, 4.69) is 16.0 Å². The molecule has 0 saturated carbocycles. The second kappa shape index (κ2) is 13.8. The first-order valence-corrected chi connectivity index (χ1v) is 10.9. The van der Waals surface area contributed by atoms with Crippen molar-refractivity contribution in [2.45, 2.75) is 64.2 Å². The van der Waals surface area contributed by atoms with Gasteiger partial charge in [0.2, 0.25) is 17.7 Å². The minimum atomic E-state index is -1.63. The largest absolute Gasteiger partial charge is 0.481 e. The van der Waals surface area contributed by atoms with E-state index >= 15 is 0 Å². The van der Waals surface area contributed by atoms with Crippen LogP contribution in [0.2, 0.25) is 0 Å². The number of hydrogen-bond acceptors (Lipinski definition) is 7. The van der Waals surface area contributed by atoms with Crippen molar-refractivity contribution in [3.05, 3.63) is 0 Å². The molecule has 0 rings (SSSR count). The molecule has 0 aromatic rings. The zero-order valence-corrected chi connectivity index (χ0v) is 18.5. The van der Waals surface area contributed by atoms with E-state index in [1.807, 2.05) is 13.8 Å². The maximum atomic E-state index is 12.5. The van der Waals surface area contributed by atoms with Crippen molar-refractivity contribution in [3.63, 3.8) is 0 Å². The third-order valence-corrected chi connectivity index (χ3v) is 4.70. The van der Waals surface area contributed by atoms with Crippen molar-refractivity contribution in [2.75, 3.05) is 12.0 Å². The minimum absolute atomic E-state index is 0.186. The number of rotatable bonds is 14. The van der Waals surface area contributed by atoms with Gasteiger partial charge in [0.25, 0.3) is 0 Å². The van der Waals surface area contributed by atoms with E-state index in [1.54, 1.807) is 6.26 Å². The Hall–Kier alpha value is -2.34. The summed E-state index contributed by atoms with van der Waals surface area (Å²) in [6.07, 6.45) is 1.62. The normalized spacial score (nSPS) is 14.9. The average molecular weight is 449 g/mol. The van der Waals surface area contributed by atoms with Gasteiger partial charge in [-0.1, -0.05) is 13.8 Å². The van der Waals surface area contributed by atoms with E-state index in [1.165, 1.54) is 18.7 Å². The Kier molecular flexibility index (Phi) is 12.7. The Morgan fingerprint density at radius 2 is 1.47 bits per heavy atom. The smallest absolute Gasteiger partial charge is 0.326 e. The van der Waals surface area contributed by atoms with Crippen molar-refractivity contribution in [3.8, 4) is 0 Å². The quantitative estimate of drug-likeness (QED) is 0.197. The molecule has 7 N–H and O–H groups in total. The summed E-state index contributed by atoms with van der Waals surface area (Å²) >= 11 is 1.41. The molecule has 0 aliphatic rings. The van der Waals surface area contributed by atoms with Crippen molar-refractivity contribution >= 4 is 41.4 Å². The van der Waals surface area contributed by atoms with Gasteiger partial charge in [-0.2, -0.15) is 11.8 Å². The molecule has 0 spiro atoms. The van der Waals surface area contributed by atoms with Crippen LogP contribution in [0.3, 0.4) is 0 Å². The van der Waals surface area contributed by atoms with Gasteiger partial charge >= 0.3 is 11.9 Å². The van der Waals surface area contributed by atoms with Gasteiger partial charge in [-0.3, -0.25) is 19.2 Å². The summed E-state index contributed by atoms with van der Waals surface area (Å²) in [5.74, 6) is -4.17. The molecule has 172 valence electrons. The molecule has 12 heteroatoms. The van der Waals surface area contributed by atoms with Gasteiger partial charge in [-0.05, 0) is 37.7 Å². The van der Waals surface area contributed by atoms with Gasteiger partial charge in [0.05, 0.1) is 12.5 Å². The molecule has 3 amide bonds. The van der Waals surface area contributed by atoms with Crippen molar-refractivity contribution < 1.29 is 34.2 Å². The molecule has 0 heterocycles. The van der Waals surface area contributed by atoms with Crippen LogP contribution in [0, 0.1) is 5.92 Å². The number of nitrogens with one attached hydrogen (secondary N) is 3. The Morgan fingerprint density at radius 1 is 0.900 bits per heavy atom. The molecule has 0 bridgehead atoms. The average Bonchev–Trinajstić information content (AvgIpc) is 2.62. The lowest BCUT2D eigenvalue weighted by atomic mass is 10.0. The number of thioether (sulfide) groups is 1. The molecule has 30 heavy (non-hydrogen) atoms. The Balaban J connectivity index is 5.06. The van der Waals surface area contributed by atoms with E-state index < -0.39 is 60.2 Å². The van der Waals surface area contributed by atoms with E-state index in [-0.39, 0.29) is 12.3 Å². The predicted molar refractivity (Wildman–Crippen MR) is 112 cm³/mol. The van der Waals surface area contributed by atoms with E-state index in [4.69, 9.17) is 15.9 Å². The monoisotopic (exact) mass is 448 g/mol. The van der Waals surface area contributed by atoms with Crippen LogP contribution in [-0.2, 0) is 24.0 Å². The highest BCUT2D eigenvalue weighted by Gasteiger charge is 2.29. The first-order chi connectivity index (χ1) is 13.9. The summed E-state index contributed by atoms with van der Waals surface area (Å²) < 4.78 is 0. The topological polar surface area (TPSA) is 188 Å². The summed E-state index contributed by atoms with van der Waals surface area (Å²) in [6.45, 7) is 5.25. The SMILES string of the molecule is CSCCC(NC(=O)C(C)NC(=O)C(N)CC(C)C)C(=O)NC(CC(=O)O)C(=O)O. The number of amides is 3. The molecule has 0 aliphatic carbocycles. The molecule has 4 atom stereocenters. The number of carboxylic acids is 2. The molecular formula is C18H32N4O7S. The van der Waals surface area contributed by atoms with Crippen LogP contribution in [-0.4, -0.2) is 76.0 Å². The number of carboxylic acid groups (broad SMARTS) is 2. The van der Waals surface area contributed by atoms with Crippen LogP contribution >= 0.6 is 11.8 Å². The van der Waals surface area contributed by atoms with Crippen molar-refractivity contribution in [2.24, 2.45) is 11.7 Å². The fourth-order valence-electron chi connectivity index (χ4n) is 2.45. The fourth-order valence-corrected chi connectivity index (χ4v) is 2.92. The summed E-state index contributed by atoms with van der Waals surface area (Å²) in [6, 6.07) is -4.48. The zero-order valence-electron chi connectivity index (χ0n) is 17.6. The molecule has 11 nitrogen and oxygen atoms in total. The predicted octanol–water partition coefficient (Wildman–Crippen LogP) is -0.853. The highest BCUT2D eigenvalue weighted by Crippen LogP contribution is 2.05. The fraction of sp³-hybridized carbons (Fsp3) is 0.722. The van der Waals surface area contributed by atoms with E-state index in [0.717, 1.165) is 0 Å². The van der Waals surface area contributed by atoms with Gasteiger partial charge in [0.1, 0.15) is 18.1 Å². The Labute approximate surface area is 179 Å². The van der Waals surface area contributed by atoms with Gasteiger partial charge in [-0.25, -0.2) is 4.79 Å². The number of nitrogens with two attached hydrogens (primary N) is 1. The third kappa shape index (κ3) is 11.0.